The van der Waals surface area contributed by atoms with Crippen molar-refractivity contribution in [2.45, 2.75) is 33.4 Å². The zero-order chi connectivity index (χ0) is 13.5. The minimum atomic E-state index is -0.358. The maximum Gasteiger partial charge on any atom is 0.165 e. The SMILES string of the molecule is CC(CO)COc1ccc(CNC(C)C)cc1F. The van der Waals surface area contributed by atoms with E-state index in [1.165, 1.54) is 6.07 Å². The lowest BCUT2D eigenvalue weighted by molar-refractivity contribution is 0.171. The van der Waals surface area contributed by atoms with Gasteiger partial charge in [0, 0.05) is 25.1 Å². The fourth-order valence-electron chi connectivity index (χ4n) is 1.38. The van der Waals surface area contributed by atoms with Gasteiger partial charge in [-0.05, 0) is 17.7 Å². The molecule has 0 fully saturated rings. The van der Waals surface area contributed by atoms with Crippen LogP contribution in [0.15, 0.2) is 18.2 Å². The molecule has 0 heterocycles. The molecule has 0 aliphatic rings. The molecule has 0 bridgehead atoms. The van der Waals surface area contributed by atoms with E-state index in [2.05, 4.69) is 5.32 Å². The summed E-state index contributed by atoms with van der Waals surface area (Å²) in [6, 6.07) is 5.33. The quantitative estimate of drug-likeness (QED) is 0.785. The molecule has 0 aromatic heterocycles. The highest BCUT2D eigenvalue weighted by molar-refractivity contribution is 5.29. The van der Waals surface area contributed by atoms with Crippen LogP contribution < -0.4 is 10.1 Å². The summed E-state index contributed by atoms with van der Waals surface area (Å²) in [7, 11) is 0. The molecule has 0 amide bonds. The van der Waals surface area contributed by atoms with Crippen molar-refractivity contribution in [2.24, 2.45) is 5.92 Å². The number of hydrogen-bond acceptors (Lipinski definition) is 3. The molecular weight excluding hydrogens is 233 g/mol. The van der Waals surface area contributed by atoms with Gasteiger partial charge in [-0.15, -0.1) is 0 Å². The Kier molecular flexibility index (Phi) is 6.09. The van der Waals surface area contributed by atoms with Crippen molar-refractivity contribution in [1.82, 2.24) is 5.32 Å². The average molecular weight is 255 g/mol. The molecule has 1 atom stereocenters. The number of aliphatic hydroxyl groups excluding tert-OH is 1. The summed E-state index contributed by atoms with van der Waals surface area (Å²) in [6.45, 7) is 6.93. The van der Waals surface area contributed by atoms with E-state index in [-0.39, 0.29) is 24.1 Å². The third-order valence-electron chi connectivity index (χ3n) is 2.55. The van der Waals surface area contributed by atoms with Crippen LogP contribution in [0.5, 0.6) is 5.75 Å². The molecule has 1 rings (SSSR count). The molecule has 18 heavy (non-hydrogen) atoms. The van der Waals surface area contributed by atoms with E-state index in [0.717, 1.165) is 5.56 Å². The van der Waals surface area contributed by atoms with Crippen LogP contribution in [0.1, 0.15) is 26.3 Å². The number of benzene rings is 1. The minimum absolute atomic E-state index is 0.00619. The van der Waals surface area contributed by atoms with Crippen LogP contribution in [0, 0.1) is 11.7 Å². The Morgan fingerprint density at radius 3 is 2.61 bits per heavy atom. The highest BCUT2D eigenvalue weighted by atomic mass is 19.1. The smallest absolute Gasteiger partial charge is 0.165 e. The Bertz CT molecular complexity index is 369. The van der Waals surface area contributed by atoms with Gasteiger partial charge < -0.3 is 15.2 Å². The molecule has 1 unspecified atom stereocenters. The minimum Gasteiger partial charge on any atom is -0.490 e. The largest absolute Gasteiger partial charge is 0.490 e. The molecule has 2 N–H and O–H groups in total. The van der Waals surface area contributed by atoms with Crippen molar-refractivity contribution in [2.75, 3.05) is 13.2 Å². The first-order chi connectivity index (χ1) is 8.52. The molecular formula is C14H22FNO2. The maximum absolute atomic E-state index is 13.7. The first-order valence-electron chi connectivity index (χ1n) is 6.28. The van der Waals surface area contributed by atoms with E-state index in [9.17, 15) is 4.39 Å². The van der Waals surface area contributed by atoms with Crippen LogP contribution >= 0.6 is 0 Å². The van der Waals surface area contributed by atoms with Gasteiger partial charge in [0.25, 0.3) is 0 Å². The molecule has 1 aromatic carbocycles. The van der Waals surface area contributed by atoms with Gasteiger partial charge in [-0.1, -0.05) is 26.8 Å². The lowest BCUT2D eigenvalue weighted by atomic mass is 10.2. The van der Waals surface area contributed by atoms with Gasteiger partial charge in [0.2, 0.25) is 0 Å². The highest BCUT2D eigenvalue weighted by Gasteiger charge is 2.07. The Morgan fingerprint density at radius 2 is 2.06 bits per heavy atom. The van der Waals surface area contributed by atoms with E-state index in [1.54, 1.807) is 6.07 Å². The number of aliphatic hydroxyl groups is 1. The zero-order valence-electron chi connectivity index (χ0n) is 11.2. The molecule has 0 radical (unpaired) electrons. The molecule has 102 valence electrons. The Hall–Kier alpha value is -1.13. The van der Waals surface area contributed by atoms with Gasteiger partial charge in [0.15, 0.2) is 11.6 Å². The highest BCUT2D eigenvalue weighted by Crippen LogP contribution is 2.19. The molecule has 1 aromatic rings. The van der Waals surface area contributed by atoms with Crippen LogP contribution in [-0.4, -0.2) is 24.4 Å². The van der Waals surface area contributed by atoms with E-state index < -0.39 is 0 Å². The lowest BCUT2D eigenvalue weighted by Crippen LogP contribution is -2.21. The van der Waals surface area contributed by atoms with Crippen molar-refractivity contribution in [1.29, 1.82) is 0 Å². The van der Waals surface area contributed by atoms with Crippen LogP contribution in [0.25, 0.3) is 0 Å². The molecule has 0 aliphatic heterocycles. The van der Waals surface area contributed by atoms with Crippen LogP contribution in [-0.2, 0) is 6.54 Å². The number of halogens is 1. The predicted molar refractivity (Wildman–Crippen MR) is 70.1 cm³/mol. The fourth-order valence-corrected chi connectivity index (χ4v) is 1.38. The zero-order valence-corrected chi connectivity index (χ0v) is 11.2. The Morgan fingerprint density at radius 1 is 1.33 bits per heavy atom. The van der Waals surface area contributed by atoms with Crippen molar-refractivity contribution in [3.05, 3.63) is 29.6 Å². The maximum atomic E-state index is 13.7. The summed E-state index contributed by atoms with van der Waals surface area (Å²) >= 11 is 0. The summed E-state index contributed by atoms with van der Waals surface area (Å²) in [5.74, 6) is -0.113. The lowest BCUT2D eigenvalue weighted by Gasteiger charge is -2.12. The van der Waals surface area contributed by atoms with Crippen molar-refractivity contribution >= 4 is 0 Å². The number of nitrogens with one attached hydrogen (secondary N) is 1. The molecule has 3 nitrogen and oxygen atoms in total. The van der Waals surface area contributed by atoms with Gasteiger partial charge in [0.05, 0.1) is 6.61 Å². The molecule has 0 spiro atoms. The van der Waals surface area contributed by atoms with Gasteiger partial charge in [0.1, 0.15) is 0 Å². The topological polar surface area (TPSA) is 41.5 Å². The summed E-state index contributed by atoms with van der Waals surface area (Å²) < 4.78 is 19.0. The summed E-state index contributed by atoms with van der Waals surface area (Å²) in [4.78, 5) is 0. The van der Waals surface area contributed by atoms with Crippen LogP contribution in [0.2, 0.25) is 0 Å². The normalized spacial score (nSPS) is 12.8. The van der Waals surface area contributed by atoms with Crippen molar-refractivity contribution in [3.8, 4) is 5.75 Å². The first-order valence-corrected chi connectivity index (χ1v) is 6.28. The second kappa shape index (κ2) is 7.34. The van der Waals surface area contributed by atoms with Gasteiger partial charge in [-0.2, -0.15) is 0 Å². The van der Waals surface area contributed by atoms with Crippen molar-refractivity contribution in [3.63, 3.8) is 0 Å². The van der Waals surface area contributed by atoms with Crippen LogP contribution in [0.4, 0.5) is 4.39 Å². The average Bonchev–Trinajstić information content (AvgIpc) is 2.34. The number of ether oxygens (including phenoxy) is 1. The predicted octanol–water partition coefficient (Wildman–Crippen LogP) is 2.33. The molecule has 4 heteroatoms. The first kappa shape index (κ1) is 14.9. The standard InChI is InChI=1S/C14H22FNO2/c1-10(2)16-7-12-4-5-14(13(15)6-12)18-9-11(3)8-17/h4-6,10-11,16-17H,7-9H2,1-3H3. The summed E-state index contributed by atoms with van der Waals surface area (Å²) in [5, 5.41) is 12.1. The number of hydrogen-bond donors (Lipinski definition) is 2. The van der Waals surface area contributed by atoms with Gasteiger partial charge in [-0.25, -0.2) is 4.39 Å². The molecule has 0 saturated heterocycles. The monoisotopic (exact) mass is 255 g/mol. The fraction of sp³-hybridized carbons (Fsp3) is 0.571. The Labute approximate surface area is 108 Å². The van der Waals surface area contributed by atoms with E-state index >= 15 is 0 Å². The Balaban J connectivity index is 2.56. The third kappa shape index (κ3) is 5.02. The van der Waals surface area contributed by atoms with Gasteiger partial charge in [-0.3, -0.25) is 0 Å². The summed E-state index contributed by atoms with van der Waals surface area (Å²) in [5.41, 5.74) is 0.892. The van der Waals surface area contributed by atoms with Gasteiger partial charge >= 0.3 is 0 Å². The second-order valence-corrected chi connectivity index (χ2v) is 4.90. The van der Waals surface area contributed by atoms with Crippen molar-refractivity contribution < 1.29 is 14.2 Å². The molecule has 0 aliphatic carbocycles. The third-order valence-corrected chi connectivity index (χ3v) is 2.55. The van der Waals surface area contributed by atoms with E-state index in [1.807, 2.05) is 26.8 Å². The van der Waals surface area contributed by atoms with E-state index in [0.29, 0.717) is 19.2 Å². The van der Waals surface area contributed by atoms with Crippen LogP contribution in [0.3, 0.4) is 0 Å². The second-order valence-electron chi connectivity index (χ2n) is 4.90. The van der Waals surface area contributed by atoms with E-state index in [4.69, 9.17) is 9.84 Å². The number of rotatable bonds is 7. The summed E-state index contributed by atoms with van der Waals surface area (Å²) in [6.07, 6.45) is 0. The molecule has 0 saturated carbocycles.